The quantitative estimate of drug-likeness (QED) is 0.130. The predicted octanol–water partition coefficient (Wildman–Crippen LogP) is 12.4. The van der Waals surface area contributed by atoms with E-state index in [1.54, 1.807) is 43.8 Å². The first-order chi connectivity index (χ1) is 25.1. The number of aromatic nitrogens is 6. The highest BCUT2D eigenvalue weighted by atomic mass is 128. The number of carbonyl (C=O) groups is 2. The molecule has 278 valence electrons. The lowest BCUT2D eigenvalue weighted by Crippen LogP contribution is -2.01. The number of hydrogen-bond acceptors (Lipinski definition) is 6. The Kier molecular flexibility index (Phi) is 14.9. The Bertz CT molecular complexity index is 2090. The minimum absolute atomic E-state index is 0. The molecular weight excluding hydrogens is 1140 g/mol. The van der Waals surface area contributed by atoms with Crippen LogP contribution in [0.1, 0.15) is 102 Å². The first-order valence-corrected chi connectivity index (χ1v) is 25.1. The highest BCUT2D eigenvalue weighted by Gasteiger charge is 2.29. The van der Waals surface area contributed by atoms with Crippen molar-refractivity contribution >= 4 is 127 Å². The Balaban J connectivity index is 0.000000192. The van der Waals surface area contributed by atoms with Crippen LogP contribution in [0.5, 0.6) is 0 Å². The lowest BCUT2D eigenvalue weighted by molar-refractivity contribution is 0.0696. The van der Waals surface area contributed by atoms with E-state index in [1.807, 2.05) is 36.9 Å². The number of aromatic carboxylic acids is 1. The van der Waals surface area contributed by atoms with Gasteiger partial charge in [0.05, 0.1) is 25.9 Å². The van der Waals surface area contributed by atoms with Crippen LogP contribution in [0.4, 0.5) is 0 Å². The van der Waals surface area contributed by atoms with E-state index in [9.17, 15) is 14.7 Å². The number of carbonyl (C=O) groups excluding carboxylic acids is 1. The Labute approximate surface area is 366 Å². The molecule has 0 unspecified atom stereocenters. The Morgan fingerprint density at radius 3 is 1.40 bits per heavy atom. The minimum atomic E-state index is -0.910. The number of carboxylic acid groups (broad SMARTS) is 1. The monoisotopic (exact) mass is 1180 g/mol. The molecule has 2 aliphatic carbocycles. The first-order valence-electron chi connectivity index (χ1n) is 17.2. The summed E-state index contributed by atoms with van der Waals surface area (Å²) in [6.45, 7) is 1.61. The molecule has 0 amide bonds. The zero-order chi connectivity index (χ0) is 37.1. The molecule has 14 heteroatoms. The number of hydrogen-bond donors (Lipinski definition) is 1. The molecule has 53 heavy (non-hydrogen) atoms. The molecule has 4 aromatic heterocycles. The van der Waals surface area contributed by atoms with Crippen molar-refractivity contribution in [1.82, 2.24) is 29.1 Å². The highest BCUT2D eigenvalue weighted by molar-refractivity contribution is 15.0. The minimum Gasteiger partial charge on any atom is -0.478 e. The van der Waals surface area contributed by atoms with Gasteiger partial charge < -0.3 is 14.2 Å². The van der Waals surface area contributed by atoms with E-state index in [1.165, 1.54) is 55.0 Å². The first kappa shape index (κ1) is 42.1. The highest BCUT2D eigenvalue weighted by Crippen LogP contribution is 2.45. The zero-order valence-corrected chi connectivity index (χ0v) is 39.3. The number of fused-ring (bicyclic) bond motifs is 2. The van der Waals surface area contributed by atoms with Crippen molar-refractivity contribution in [2.24, 2.45) is 14.1 Å². The summed E-state index contributed by atoms with van der Waals surface area (Å²) in [6.07, 6.45) is 16.8. The number of aryl methyl sites for hydroxylation is 2. The molecule has 1 N–H and O–H groups in total. The second kappa shape index (κ2) is 18.7. The van der Waals surface area contributed by atoms with E-state index in [-0.39, 0.29) is 29.8 Å². The van der Waals surface area contributed by atoms with Crippen LogP contribution in [-0.2, 0) is 14.1 Å². The normalized spacial score (nSPS) is 14.4. The molecule has 8 rings (SSSR count). The average Bonchev–Trinajstić information content (AvgIpc) is 3.97. The van der Waals surface area contributed by atoms with Crippen LogP contribution in [0.3, 0.4) is 0 Å². The number of benzene rings is 2. The van der Waals surface area contributed by atoms with Crippen molar-refractivity contribution in [3.05, 3.63) is 92.4 Å². The summed E-state index contributed by atoms with van der Waals surface area (Å²) in [5.41, 5.74) is 7.72. The maximum Gasteiger partial charge on any atom is 0.335 e. The Morgan fingerprint density at radius 2 is 1.04 bits per heavy atom. The van der Waals surface area contributed by atoms with E-state index >= 15 is 0 Å². The molecular formula is C39H39Br2I3N6O3. The lowest BCUT2D eigenvalue weighted by atomic mass is 9.93. The largest absolute Gasteiger partial charge is 0.478 e. The van der Waals surface area contributed by atoms with E-state index in [0.717, 1.165) is 61.0 Å². The van der Waals surface area contributed by atoms with Gasteiger partial charge in [0.1, 0.15) is 0 Å². The van der Waals surface area contributed by atoms with E-state index in [4.69, 9.17) is 0 Å². The fourth-order valence-electron chi connectivity index (χ4n) is 7.95. The zero-order valence-electron chi connectivity index (χ0n) is 29.5. The molecule has 0 saturated heterocycles. The van der Waals surface area contributed by atoms with E-state index in [0.29, 0.717) is 23.2 Å². The van der Waals surface area contributed by atoms with Gasteiger partial charge in [-0.25, -0.2) is 24.7 Å². The number of halogens is 5. The van der Waals surface area contributed by atoms with Gasteiger partial charge in [-0.15, -0.1) is 24.0 Å². The summed E-state index contributed by atoms with van der Waals surface area (Å²) >= 11 is 11.0. The molecule has 0 bridgehead atoms. The van der Waals surface area contributed by atoms with Crippen LogP contribution in [-0.4, -0.2) is 45.9 Å². The third-order valence-corrected chi connectivity index (χ3v) is 11.1. The number of nitrogens with zero attached hydrogens (tertiary/aromatic N) is 6. The fourth-order valence-corrected chi connectivity index (χ4v) is 8.36. The maximum atomic E-state index is 11.8. The van der Waals surface area contributed by atoms with Crippen LogP contribution in [0.2, 0.25) is 0 Å². The summed E-state index contributed by atoms with van der Waals surface area (Å²) in [5, 5.41) is 11.7. The van der Waals surface area contributed by atoms with Gasteiger partial charge in [0, 0.05) is 103 Å². The number of carboxylic acids is 1. The van der Waals surface area contributed by atoms with Crippen LogP contribution < -0.4 is 0 Å². The second-order valence-corrected chi connectivity index (χ2v) is 15.2. The molecule has 2 aromatic carbocycles. The lowest BCUT2D eigenvalue weighted by Gasteiger charge is -2.12. The van der Waals surface area contributed by atoms with Crippen molar-refractivity contribution < 1.29 is 14.7 Å². The van der Waals surface area contributed by atoms with Crippen molar-refractivity contribution in [1.29, 1.82) is 0 Å². The maximum absolute atomic E-state index is 11.8. The third kappa shape index (κ3) is 8.85. The van der Waals surface area contributed by atoms with Gasteiger partial charge in [-0.3, -0.25) is 4.79 Å². The van der Waals surface area contributed by atoms with Gasteiger partial charge in [0.25, 0.3) is 0 Å². The summed E-state index contributed by atoms with van der Waals surface area (Å²) in [7, 11) is 4.01. The predicted molar refractivity (Wildman–Crippen MR) is 246 cm³/mol. The van der Waals surface area contributed by atoms with Crippen molar-refractivity contribution in [3.8, 4) is 23.0 Å². The molecule has 0 radical (unpaired) electrons. The topological polar surface area (TPSA) is 116 Å². The van der Waals surface area contributed by atoms with Gasteiger partial charge in [0.2, 0.25) is 0 Å². The smallest absolute Gasteiger partial charge is 0.335 e. The van der Waals surface area contributed by atoms with Gasteiger partial charge in [0.15, 0.2) is 17.4 Å². The van der Waals surface area contributed by atoms with E-state index in [2.05, 4.69) is 99.7 Å². The third-order valence-electron chi connectivity index (χ3n) is 10.3. The molecule has 0 spiro atoms. The molecule has 6 aromatic rings. The molecule has 9 nitrogen and oxygen atoms in total. The molecule has 2 saturated carbocycles. The fraction of sp³-hybridized carbons (Fsp3) is 0.333. The summed E-state index contributed by atoms with van der Waals surface area (Å²) < 4.78 is 5.90. The van der Waals surface area contributed by atoms with E-state index < -0.39 is 5.97 Å². The van der Waals surface area contributed by atoms with Gasteiger partial charge in [-0.2, -0.15) is 0 Å². The standard InChI is InChI=1S/C20H20BrN3O.C19H18BrN3O2.I2.HI/c1-12(25)14-7-8-16-17(9-14)24(2)19(18(16)13-5-3-4-6-13)20-22-10-15(21)11-23-20;1-23-15-8-12(19(24)25)6-7-14(15)16(11-4-2-3-5-11)17(23)18-21-9-13(20)10-22-18;1-2;/h7-11,13H,3-6H2,1-2H3;6-11H,2-5H2,1H3,(H,24,25);;1H. The molecule has 4 heterocycles. The van der Waals surface area contributed by atoms with Crippen molar-refractivity contribution in [3.63, 3.8) is 0 Å². The summed E-state index contributed by atoms with van der Waals surface area (Å²) in [4.78, 5) is 41.3. The second-order valence-electron chi connectivity index (χ2n) is 13.4. The number of ketones is 1. The number of Topliss-reactive ketones (excluding diaryl/α,β-unsaturated/α-hetero) is 1. The SMILES string of the molecule is CC(=O)c1ccc2c(C3CCCC3)c(-c3ncc(Br)cn3)n(C)c2c1.Cn1c(-c2ncc(Br)cn2)c(C2CCCC2)c2ccc(C(=O)O)cc21.I.II. The van der Waals surface area contributed by atoms with Crippen molar-refractivity contribution in [2.75, 3.05) is 0 Å². The Morgan fingerprint density at radius 1 is 0.679 bits per heavy atom. The summed E-state index contributed by atoms with van der Waals surface area (Å²) in [5.74, 6) is 1.61. The van der Waals surface area contributed by atoms with Crippen LogP contribution in [0.25, 0.3) is 44.8 Å². The van der Waals surface area contributed by atoms with Crippen molar-refractivity contribution in [2.45, 2.75) is 70.1 Å². The van der Waals surface area contributed by atoms with Gasteiger partial charge in [-0.1, -0.05) is 43.9 Å². The average molecular weight is 1180 g/mol. The molecule has 0 aliphatic heterocycles. The number of rotatable bonds is 6. The van der Waals surface area contributed by atoms with Crippen LogP contribution in [0, 0.1) is 0 Å². The van der Waals surface area contributed by atoms with Gasteiger partial charge in [-0.05, 0) is 106 Å². The summed E-state index contributed by atoms with van der Waals surface area (Å²) in [6, 6.07) is 11.4. The Hall–Kier alpha value is -2.03. The molecule has 2 aliphatic rings. The van der Waals surface area contributed by atoms with Gasteiger partial charge >= 0.3 is 5.97 Å². The molecule has 2 fully saturated rings. The molecule has 0 atom stereocenters. The van der Waals surface area contributed by atoms with Crippen LogP contribution in [0.15, 0.2) is 70.1 Å². The van der Waals surface area contributed by atoms with Crippen LogP contribution >= 0.6 is 93.1 Å².